The molecule has 0 atom stereocenters. The average Bonchev–Trinajstić information content (AvgIpc) is 2.75. The van der Waals surface area contributed by atoms with Crippen LogP contribution in [0.15, 0.2) is 35.9 Å². The van der Waals surface area contributed by atoms with Gasteiger partial charge < -0.3 is 4.84 Å². The molecule has 0 aliphatic heterocycles. The number of nitrogens with zero attached hydrogens (tertiary/aromatic N) is 4. The second-order valence-corrected chi connectivity index (χ2v) is 4.95. The van der Waals surface area contributed by atoms with E-state index in [1.807, 2.05) is 22.6 Å². The summed E-state index contributed by atoms with van der Waals surface area (Å²) in [4.78, 5) is 20.6. The molecule has 2 aromatic heterocycles. The smallest absolute Gasteiger partial charge is 0.311 e. The summed E-state index contributed by atoms with van der Waals surface area (Å²) in [5, 5.41) is 7.82. The van der Waals surface area contributed by atoms with Crippen molar-refractivity contribution in [2.45, 2.75) is 6.92 Å². The molecule has 0 saturated heterocycles. The van der Waals surface area contributed by atoms with Crippen LogP contribution in [0.2, 0.25) is 0 Å². The number of rotatable bonds is 3. The summed E-state index contributed by atoms with van der Waals surface area (Å²) in [6.07, 6.45) is 5.03. The van der Waals surface area contributed by atoms with Gasteiger partial charge in [0.1, 0.15) is 0 Å². The highest BCUT2D eigenvalue weighted by atomic mass is 127. The molecule has 0 spiro atoms. The van der Waals surface area contributed by atoms with Gasteiger partial charge in [-0.05, 0) is 41.6 Å². The number of hydrogen-bond donors (Lipinski definition) is 0. The fraction of sp³-hybridized carbons (Fsp3) is 0.167. The van der Waals surface area contributed by atoms with E-state index in [0.717, 1.165) is 9.13 Å². The summed E-state index contributed by atoms with van der Waals surface area (Å²) in [5.41, 5.74) is 1.70. The maximum atomic E-state index is 11.8. The van der Waals surface area contributed by atoms with Gasteiger partial charge in [0.25, 0.3) is 0 Å². The lowest BCUT2D eigenvalue weighted by Crippen LogP contribution is -2.06. The van der Waals surface area contributed by atoms with E-state index < -0.39 is 5.97 Å². The Morgan fingerprint density at radius 1 is 1.42 bits per heavy atom. The quantitative estimate of drug-likeness (QED) is 0.359. The first-order valence-corrected chi connectivity index (χ1v) is 6.51. The summed E-state index contributed by atoms with van der Waals surface area (Å²) >= 11 is 2.02. The maximum absolute atomic E-state index is 11.8. The number of halogens is 1. The highest BCUT2D eigenvalue weighted by molar-refractivity contribution is 14.1. The minimum atomic E-state index is -0.571. The standard InChI is InChI=1S/C12H11IN4O2/c1-8(9-3-5-14-6-4-9)16-19-12(18)11-10(13)7-17(2)15-11/h3-7H,1-2H3/b16-8-. The fourth-order valence-electron chi connectivity index (χ4n) is 1.40. The molecule has 0 saturated carbocycles. The normalized spacial score (nSPS) is 11.4. The third-order valence-corrected chi connectivity index (χ3v) is 3.13. The Morgan fingerprint density at radius 3 is 2.68 bits per heavy atom. The first-order valence-electron chi connectivity index (χ1n) is 5.43. The second kappa shape index (κ2) is 5.91. The molecule has 0 aliphatic carbocycles. The van der Waals surface area contributed by atoms with E-state index in [4.69, 9.17) is 4.84 Å². The van der Waals surface area contributed by atoms with Crippen LogP contribution in [0, 0.1) is 3.57 Å². The first kappa shape index (κ1) is 13.7. The Morgan fingerprint density at radius 2 is 2.11 bits per heavy atom. The van der Waals surface area contributed by atoms with Gasteiger partial charge in [0.05, 0.1) is 9.28 Å². The van der Waals surface area contributed by atoms with Crippen LogP contribution in [-0.2, 0) is 11.9 Å². The van der Waals surface area contributed by atoms with E-state index in [1.165, 1.54) is 0 Å². The van der Waals surface area contributed by atoms with Crippen LogP contribution < -0.4 is 0 Å². The third kappa shape index (κ3) is 3.37. The van der Waals surface area contributed by atoms with E-state index in [2.05, 4.69) is 15.2 Å². The molecule has 0 radical (unpaired) electrons. The number of carbonyl (C=O) groups is 1. The predicted molar refractivity (Wildman–Crippen MR) is 77.8 cm³/mol. The molecule has 2 rings (SSSR count). The van der Waals surface area contributed by atoms with Crippen molar-refractivity contribution in [1.29, 1.82) is 0 Å². The van der Waals surface area contributed by atoms with Gasteiger partial charge in [0, 0.05) is 31.2 Å². The molecule has 0 aromatic carbocycles. The van der Waals surface area contributed by atoms with Crippen LogP contribution >= 0.6 is 22.6 Å². The molecule has 0 bridgehead atoms. The second-order valence-electron chi connectivity index (χ2n) is 3.79. The Kier molecular flexibility index (Phi) is 4.25. The summed E-state index contributed by atoms with van der Waals surface area (Å²) in [6.45, 7) is 1.76. The Bertz CT molecular complexity index is 622. The zero-order valence-electron chi connectivity index (χ0n) is 10.4. The highest BCUT2D eigenvalue weighted by Gasteiger charge is 2.16. The van der Waals surface area contributed by atoms with Crippen molar-refractivity contribution < 1.29 is 9.63 Å². The molecule has 19 heavy (non-hydrogen) atoms. The van der Waals surface area contributed by atoms with E-state index in [0.29, 0.717) is 5.71 Å². The summed E-state index contributed by atoms with van der Waals surface area (Å²) in [7, 11) is 1.74. The number of oxime groups is 1. The van der Waals surface area contributed by atoms with Crippen molar-refractivity contribution in [3.05, 3.63) is 45.6 Å². The molecule has 0 fully saturated rings. The largest absolute Gasteiger partial charge is 0.386 e. The molecular formula is C12H11IN4O2. The highest BCUT2D eigenvalue weighted by Crippen LogP contribution is 2.11. The van der Waals surface area contributed by atoms with Gasteiger partial charge in [-0.25, -0.2) is 4.79 Å². The van der Waals surface area contributed by atoms with Crippen LogP contribution in [-0.4, -0.2) is 26.4 Å². The minimum Gasteiger partial charge on any atom is -0.311 e. The van der Waals surface area contributed by atoms with Gasteiger partial charge in [-0.3, -0.25) is 9.67 Å². The lowest BCUT2D eigenvalue weighted by Gasteiger charge is -1.99. The van der Waals surface area contributed by atoms with Gasteiger partial charge in [0.2, 0.25) is 0 Å². The predicted octanol–water partition coefficient (Wildman–Crippen LogP) is 2.00. The van der Waals surface area contributed by atoms with E-state index in [9.17, 15) is 4.79 Å². The van der Waals surface area contributed by atoms with Crippen LogP contribution in [0.5, 0.6) is 0 Å². The number of carbonyl (C=O) groups excluding carboxylic acids is 1. The monoisotopic (exact) mass is 370 g/mol. The molecule has 98 valence electrons. The van der Waals surface area contributed by atoms with Gasteiger partial charge in [-0.2, -0.15) is 5.10 Å². The molecule has 0 amide bonds. The lowest BCUT2D eigenvalue weighted by atomic mass is 10.2. The van der Waals surface area contributed by atoms with Crippen LogP contribution in [0.1, 0.15) is 23.0 Å². The van der Waals surface area contributed by atoms with Gasteiger partial charge in [-0.15, -0.1) is 0 Å². The van der Waals surface area contributed by atoms with Crippen LogP contribution in [0.3, 0.4) is 0 Å². The van der Waals surface area contributed by atoms with Crippen molar-refractivity contribution in [2.75, 3.05) is 0 Å². The molecule has 0 aliphatic rings. The van der Waals surface area contributed by atoms with Gasteiger partial charge in [-0.1, -0.05) is 5.16 Å². The molecular weight excluding hydrogens is 359 g/mol. The minimum absolute atomic E-state index is 0.259. The zero-order valence-corrected chi connectivity index (χ0v) is 12.5. The average molecular weight is 370 g/mol. The third-order valence-electron chi connectivity index (χ3n) is 2.34. The number of aromatic nitrogens is 3. The zero-order chi connectivity index (χ0) is 13.8. The molecule has 2 aromatic rings. The van der Waals surface area contributed by atoms with E-state index >= 15 is 0 Å². The molecule has 6 nitrogen and oxygen atoms in total. The van der Waals surface area contributed by atoms with Crippen molar-refractivity contribution >= 4 is 34.3 Å². The maximum Gasteiger partial charge on any atom is 0.386 e. The number of aryl methyl sites for hydroxylation is 1. The van der Waals surface area contributed by atoms with Crippen molar-refractivity contribution in [3.63, 3.8) is 0 Å². The van der Waals surface area contributed by atoms with Crippen LogP contribution in [0.4, 0.5) is 0 Å². The molecule has 0 N–H and O–H groups in total. The van der Waals surface area contributed by atoms with Crippen molar-refractivity contribution in [3.8, 4) is 0 Å². The van der Waals surface area contributed by atoms with Crippen molar-refractivity contribution in [2.24, 2.45) is 12.2 Å². The molecule has 2 heterocycles. The SMILES string of the molecule is C/C(=N/OC(=O)c1nn(C)cc1I)c1ccncc1. The van der Waals surface area contributed by atoms with Gasteiger partial charge in [0.15, 0.2) is 5.69 Å². The van der Waals surface area contributed by atoms with Crippen LogP contribution in [0.25, 0.3) is 0 Å². The Balaban J connectivity index is 2.10. The van der Waals surface area contributed by atoms with E-state index in [1.54, 1.807) is 49.4 Å². The Hall–Kier alpha value is -1.77. The van der Waals surface area contributed by atoms with E-state index in [-0.39, 0.29) is 5.69 Å². The summed E-state index contributed by atoms with van der Waals surface area (Å²) < 4.78 is 2.28. The fourth-order valence-corrected chi connectivity index (χ4v) is 2.13. The lowest BCUT2D eigenvalue weighted by molar-refractivity contribution is 0.0507. The summed E-state index contributed by atoms with van der Waals surface area (Å²) in [6, 6.07) is 3.58. The molecule has 7 heteroatoms. The first-order chi connectivity index (χ1) is 9.08. The number of pyridine rings is 1. The summed E-state index contributed by atoms with van der Waals surface area (Å²) in [5.74, 6) is -0.571. The van der Waals surface area contributed by atoms with Gasteiger partial charge >= 0.3 is 5.97 Å². The molecule has 0 unspecified atom stereocenters. The Labute approximate surface area is 123 Å². The number of hydrogen-bond acceptors (Lipinski definition) is 5. The topological polar surface area (TPSA) is 69.4 Å². The van der Waals surface area contributed by atoms with Crippen molar-refractivity contribution in [1.82, 2.24) is 14.8 Å².